The lowest BCUT2D eigenvalue weighted by Crippen LogP contribution is -2.08. The van der Waals surface area contributed by atoms with E-state index in [9.17, 15) is 23.2 Å². The van der Waals surface area contributed by atoms with Crippen LogP contribution in [0.3, 0.4) is 0 Å². The fourth-order valence-corrected chi connectivity index (χ4v) is 3.35. The average Bonchev–Trinajstić information content (AvgIpc) is 2.77. The third kappa shape index (κ3) is 5.50. The molecule has 0 fully saturated rings. The summed E-state index contributed by atoms with van der Waals surface area (Å²) in [5, 5.41) is 10.3. The van der Waals surface area contributed by atoms with Crippen LogP contribution in [-0.2, 0) is 12.8 Å². The zero-order valence-electron chi connectivity index (χ0n) is 16.3. The van der Waals surface area contributed by atoms with Gasteiger partial charge in [-0.05, 0) is 36.4 Å². The second kappa shape index (κ2) is 9.90. The van der Waals surface area contributed by atoms with Gasteiger partial charge in [0, 0.05) is 26.7 Å². The van der Waals surface area contributed by atoms with E-state index in [0.29, 0.717) is 26.9 Å². The highest BCUT2D eigenvalue weighted by atomic mass is 35.5. The van der Waals surface area contributed by atoms with Crippen LogP contribution in [0.2, 0.25) is 10.0 Å². The van der Waals surface area contributed by atoms with Crippen molar-refractivity contribution >= 4 is 35.1 Å². The van der Waals surface area contributed by atoms with E-state index in [-0.39, 0.29) is 17.7 Å². The van der Waals surface area contributed by atoms with Crippen molar-refractivity contribution in [2.45, 2.75) is 12.8 Å². The molecule has 0 saturated carbocycles. The molecule has 32 heavy (non-hydrogen) atoms. The van der Waals surface area contributed by atoms with Crippen LogP contribution in [0.1, 0.15) is 27.0 Å². The minimum absolute atomic E-state index is 0.0345. The molecule has 0 saturated heterocycles. The number of ether oxygens (including phenoxy) is 1. The summed E-state index contributed by atoms with van der Waals surface area (Å²) in [6.45, 7) is 0.0345. The Balaban J connectivity index is 1.90. The lowest BCUT2D eigenvalue weighted by atomic mass is 10.00. The third-order valence-electron chi connectivity index (χ3n) is 4.47. The van der Waals surface area contributed by atoms with Crippen LogP contribution in [0.5, 0.6) is 5.75 Å². The van der Waals surface area contributed by atoms with Crippen molar-refractivity contribution in [2.75, 3.05) is 0 Å². The first-order chi connectivity index (χ1) is 15.2. The Morgan fingerprint density at radius 2 is 1.66 bits per heavy atom. The van der Waals surface area contributed by atoms with E-state index in [1.807, 2.05) is 0 Å². The van der Waals surface area contributed by atoms with Gasteiger partial charge in [0.2, 0.25) is 5.78 Å². The fourth-order valence-electron chi connectivity index (χ4n) is 2.85. The number of allylic oxidation sites excluding steroid dienone is 1. The van der Waals surface area contributed by atoms with Crippen molar-refractivity contribution in [3.63, 3.8) is 0 Å². The predicted molar refractivity (Wildman–Crippen MR) is 117 cm³/mol. The number of para-hydroxylation sites is 1. The van der Waals surface area contributed by atoms with Crippen molar-refractivity contribution < 1.29 is 22.7 Å². The Morgan fingerprint density at radius 1 is 1.00 bits per heavy atom. The number of nitriles is 1. The first-order valence-corrected chi connectivity index (χ1v) is 9.95. The van der Waals surface area contributed by atoms with Gasteiger partial charge in [0.05, 0.1) is 5.56 Å². The van der Waals surface area contributed by atoms with Crippen molar-refractivity contribution in [1.82, 2.24) is 0 Å². The molecule has 0 aromatic heterocycles. The van der Waals surface area contributed by atoms with Gasteiger partial charge in [0.1, 0.15) is 24.0 Å². The predicted octanol–water partition coefficient (Wildman–Crippen LogP) is 7.38. The van der Waals surface area contributed by atoms with Gasteiger partial charge in [-0.2, -0.15) is 18.4 Å². The number of nitrogens with zero attached hydrogens (tertiary/aromatic N) is 1. The summed E-state index contributed by atoms with van der Waals surface area (Å²) in [4.78, 5) is 12.7. The molecule has 3 aromatic carbocycles. The highest BCUT2D eigenvalue weighted by Crippen LogP contribution is 2.31. The Kier molecular flexibility index (Phi) is 7.24. The summed E-state index contributed by atoms with van der Waals surface area (Å²) in [6, 6.07) is 17.3. The van der Waals surface area contributed by atoms with Gasteiger partial charge in [-0.25, -0.2) is 0 Å². The second-order valence-electron chi connectivity index (χ2n) is 6.60. The molecular formula is C24H14Cl2F3NO2. The molecule has 3 aromatic rings. The summed E-state index contributed by atoms with van der Waals surface area (Å²) in [5.74, 6) is -0.490. The summed E-state index contributed by atoms with van der Waals surface area (Å²) >= 11 is 12.3. The monoisotopic (exact) mass is 475 g/mol. The van der Waals surface area contributed by atoms with Crippen LogP contribution in [0.25, 0.3) is 6.08 Å². The van der Waals surface area contributed by atoms with Crippen LogP contribution < -0.4 is 4.74 Å². The molecule has 0 amide bonds. The van der Waals surface area contributed by atoms with Gasteiger partial charge < -0.3 is 4.74 Å². The molecule has 3 rings (SSSR count). The molecule has 0 aliphatic heterocycles. The molecule has 8 heteroatoms. The van der Waals surface area contributed by atoms with E-state index in [1.165, 1.54) is 12.1 Å². The minimum atomic E-state index is -4.60. The van der Waals surface area contributed by atoms with E-state index in [1.54, 1.807) is 48.5 Å². The molecule has 0 N–H and O–H groups in total. The van der Waals surface area contributed by atoms with Gasteiger partial charge in [0.15, 0.2) is 0 Å². The number of halogens is 5. The first-order valence-electron chi connectivity index (χ1n) is 9.19. The molecule has 0 unspecified atom stereocenters. The number of carbonyl (C=O) groups excluding carboxylic acids is 1. The maximum Gasteiger partial charge on any atom is 0.416 e. The summed E-state index contributed by atoms with van der Waals surface area (Å²) in [5.41, 5.74) is -0.589. The largest absolute Gasteiger partial charge is 0.488 e. The fraction of sp³-hybridized carbons (Fsp3) is 0.0833. The maximum atomic E-state index is 13.0. The molecule has 162 valence electrons. The number of alkyl halides is 3. The van der Waals surface area contributed by atoms with E-state index in [0.717, 1.165) is 18.2 Å². The van der Waals surface area contributed by atoms with Crippen molar-refractivity contribution in [3.05, 3.63) is 105 Å². The van der Waals surface area contributed by atoms with E-state index in [4.69, 9.17) is 27.9 Å². The summed E-state index contributed by atoms with van der Waals surface area (Å²) in [6.07, 6.45) is -3.33. The smallest absolute Gasteiger partial charge is 0.416 e. The zero-order chi connectivity index (χ0) is 23.3. The number of benzene rings is 3. The number of carbonyl (C=O) groups is 1. The highest BCUT2D eigenvalue weighted by Gasteiger charge is 2.31. The van der Waals surface area contributed by atoms with E-state index >= 15 is 0 Å². The Hall–Kier alpha value is -3.27. The number of Topliss-reactive ketones (excluding diaryl/α,β-unsaturated/α-hetero) is 1. The standard InChI is InChI=1S/C24H14Cl2F3NO2/c25-20-8-4-9-21(26)19(20)14-32-22-10-2-1-5-15(22)11-17(13-30)23(31)16-6-3-7-18(12-16)24(27,28)29/h1-12H,14H2. The topological polar surface area (TPSA) is 50.1 Å². The minimum Gasteiger partial charge on any atom is -0.488 e. The highest BCUT2D eigenvalue weighted by molar-refractivity contribution is 6.35. The van der Waals surface area contributed by atoms with Crippen molar-refractivity contribution in [2.24, 2.45) is 0 Å². The molecular weight excluding hydrogens is 462 g/mol. The lowest BCUT2D eigenvalue weighted by Gasteiger charge is -2.12. The molecule has 0 heterocycles. The van der Waals surface area contributed by atoms with Crippen LogP contribution in [0, 0.1) is 11.3 Å². The number of ketones is 1. The maximum absolute atomic E-state index is 13.0. The second-order valence-corrected chi connectivity index (χ2v) is 7.42. The Morgan fingerprint density at radius 3 is 2.31 bits per heavy atom. The molecule has 0 atom stereocenters. The van der Waals surface area contributed by atoms with Gasteiger partial charge in [-0.1, -0.05) is 59.6 Å². The van der Waals surface area contributed by atoms with Crippen molar-refractivity contribution in [1.29, 1.82) is 5.26 Å². The average molecular weight is 476 g/mol. The van der Waals surface area contributed by atoms with Crippen LogP contribution in [0.15, 0.2) is 72.3 Å². The van der Waals surface area contributed by atoms with Crippen LogP contribution in [-0.4, -0.2) is 5.78 Å². The Labute approximate surface area is 192 Å². The molecule has 0 aliphatic carbocycles. The summed E-state index contributed by atoms with van der Waals surface area (Å²) < 4.78 is 44.7. The van der Waals surface area contributed by atoms with Gasteiger partial charge in [0.25, 0.3) is 0 Å². The quantitative estimate of drug-likeness (QED) is 0.212. The van der Waals surface area contributed by atoms with Gasteiger partial charge in [-0.15, -0.1) is 0 Å². The molecule has 0 spiro atoms. The number of hydrogen-bond donors (Lipinski definition) is 0. The molecule has 0 aliphatic rings. The van der Waals surface area contributed by atoms with E-state index < -0.39 is 17.5 Å². The van der Waals surface area contributed by atoms with Crippen LogP contribution >= 0.6 is 23.2 Å². The zero-order valence-corrected chi connectivity index (χ0v) is 17.8. The van der Waals surface area contributed by atoms with Gasteiger partial charge >= 0.3 is 6.18 Å². The number of hydrogen-bond acceptors (Lipinski definition) is 3. The normalized spacial score (nSPS) is 11.7. The van der Waals surface area contributed by atoms with E-state index in [2.05, 4.69) is 0 Å². The molecule has 0 bridgehead atoms. The van der Waals surface area contributed by atoms with Crippen molar-refractivity contribution in [3.8, 4) is 11.8 Å². The van der Waals surface area contributed by atoms with Crippen LogP contribution in [0.4, 0.5) is 13.2 Å². The van der Waals surface area contributed by atoms with Gasteiger partial charge in [-0.3, -0.25) is 4.79 Å². The first kappa shape index (κ1) is 23.4. The molecule has 0 radical (unpaired) electrons. The SMILES string of the molecule is N#CC(=Cc1ccccc1OCc1c(Cl)cccc1Cl)C(=O)c1cccc(C(F)(F)F)c1. The summed E-state index contributed by atoms with van der Waals surface area (Å²) in [7, 11) is 0. The number of rotatable bonds is 6. The molecule has 3 nitrogen and oxygen atoms in total. The Bertz CT molecular complexity index is 1210. The third-order valence-corrected chi connectivity index (χ3v) is 5.18. The lowest BCUT2D eigenvalue weighted by molar-refractivity contribution is -0.137.